The van der Waals surface area contributed by atoms with E-state index >= 15 is 0 Å². The van der Waals surface area contributed by atoms with E-state index in [9.17, 15) is 26.0 Å². The fraction of sp³-hybridized carbons (Fsp3) is 0.167. The number of allylic oxidation sites excluding steroid dienone is 1. The Hall–Kier alpha value is -2.54. The van der Waals surface area contributed by atoms with Gasteiger partial charge in [0.05, 0.1) is 10.6 Å². The maximum Gasteiger partial charge on any atom is 0.387 e. The molecule has 0 saturated carbocycles. The van der Waals surface area contributed by atoms with Gasteiger partial charge >= 0.3 is 13.2 Å². The van der Waals surface area contributed by atoms with Gasteiger partial charge in [-0.15, -0.1) is 4.83 Å². The zero-order chi connectivity index (χ0) is 23.5. The third-order valence-corrected chi connectivity index (χ3v) is 5.63. The number of alkyl halides is 4. The van der Waals surface area contributed by atoms with Crippen molar-refractivity contribution >= 4 is 38.9 Å². The highest BCUT2D eigenvalue weighted by atomic mass is 35.5. The lowest BCUT2D eigenvalue weighted by Crippen LogP contribution is -2.40. The van der Waals surface area contributed by atoms with Crippen molar-refractivity contribution in [2.45, 2.75) is 18.1 Å². The summed E-state index contributed by atoms with van der Waals surface area (Å²) >= 11 is 11.7. The second-order valence-corrected chi connectivity index (χ2v) is 8.62. The van der Waals surface area contributed by atoms with Crippen LogP contribution in [0.4, 0.5) is 17.6 Å². The summed E-state index contributed by atoms with van der Waals surface area (Å²) in [5.74, 6) is -0.624. The van der Waals surface area contributed by atoms with E-state index in [-0.39, 0.29) is 44.4 Å². The SMILES string of the molecule is O=S(=O)(NN1C=CC(c2cc(OC(F)F)ccc2OC(F)F)=NC1)c1cc(Cl)cc(Cl)c1. The number of halogens is 6. The number of hydrogen-bond acceptors (Lipinski definition) is 6. The quantitative estimate of drug-likeness (QED) is 0.519. The molecule has 0 fully saturated rings. The minimum absolute atomic E-state index is 0.0520. The highest BCUT2D eigenvalue weighted by Gasteiger charge is 2.21. The van der Waals surface area contributed by atoms with Crippen LogP contribution < -0.4 is 14.3 Å². The molecule has 1 N–H and O–H groups in total. The van der Waals surface area contributed by atoms with Crippen LogP contribution in [0, 0.1) is 0 Å². The van der Waals surface area contributed by atoms with Gasteiger partial charge in [0, 0.05) is 21.8 Å². The molecule has 0 radical (unpaired) electrons. The molecule has 1 heterocycles. The maximum atomic E-state index is 12.7. The molecular weight excluding hydrogens is 501 g/mol. The number of hydrogen-bond donors (Lipinski definition) is 1. The second kappa shape index (κ2) is 9.94. The van der Waals surface area contributed by atoms with E-state index in [1.807, 2.05) is 0 Å². The summed E-state index contributed by atoms with van der Waals surface area (Å²) in [6.07, 6.45) is 2.54. The lowest BCUT2D eigenvalue weighted by Gasteiger charge is -2.23. The normalized spacial score (nSPS) is 14.1. The number of benzene rings is 2. The summed E-state index contributed by atoms with van der Waals surface area (Å²) in [6, 6.07) is 6.89. The monoisotopic (exact) mass is 513 g/mol. The Bertz CT molecular complexity index is 1140. The smallest absolute Gasteiger partial charge is 0.387 e. The zero-order valence-corrected chi connectivity index (χ0v) is 18.0. The molecule has 7 nitrogen and oxygen atoms in total. The minimum atomic E-state index is -4.07. The van der Waals surface area contributed by atoms with Crippen molar-refractivity contribution in [1.82, 2.24) is 9.84 Å². The molecule has 0 unspecified atom stereocenters. The minimum Gasteiger partial charge on any atom is -0.435 e. The molecule has 0 saturated heterocycles. The van der Waals surface area contributed by atoms with Crippen LogP contribution in [0.3, 0.4) is 0 Å². The van der Waals surface area contributed by atoms with Crippen LogP contribution in [0.15, 0.2) is 58.6 Å². The van der Waals surface area contributed by atoms with Gasteiger partial charge in [0.1, 0.15) is 18.2 Å². The molecule has 32 heavy (non-hydrogen) atoms. The number of rotatable bonds is 8. The van der Waals surface area contributed by atoms with Gasteiger partial charge in [0.2, 0.25) is 0 Å². The first kappa shape index (κ1) is 24.1. The van der Waals surface area contributed by atoms with E-state index in [0.29, 0.717) is 0 Å². The van der Waals surface area contributed by atoms with Crippen molar-refractivity contribution in [2.75, 3.05) is 6.67 Å². The summed E-state index contributed by atoms with van der Waals surface area (Å²) in [6.45, 7) is -6.57. The van der Waals surface area contributed by atoms with Gasteiger partial charge < -0.3 is 9.47 Å². The van der Waals surface area contributed by atoms with E-state index < -0.39 is 23.2 Å². The Labute approximate surface area is 189 Å². The molecule has 1 aliphatic heterocycles. The molecule has 0 bridgehead atoms. The van der Waals surface area contributed by atoms with Gasteiger partial charge in [-0.05, 0) is 42.5 Å². The molecule has 0 amide bonds. The predicted octanol–water partition coefficient (Wildman–Crippen LogP) is 4.67. The van der Waals surface area contributed by atoms with Crippen LogP contribution in [-0.4, -0.2) is 39.0 Å². The van der Waals surface area contributed by atoms with Crippen molar-refractivity contribution in [2.24, 2.45) is 4.99 Å². The van der Waals surface area contributed by atoms with Gasteiger partial charge in [-0.25, -0.2) is 8.42 Å². The topological polar surface area (TPSA) is 80.2 Å². The Morgan fingerprint density at radius 2 is 1.66 bits per heavy atom. The summed E-state index contributed by atoms with van der Waals surface area (Å²) in [5.41, 5.74) is 0.0189. The van der Waals surface area contributed by atoms with Crippen molar-refractivity contribution in [1.29, 1.82) is 0 Å². The van der Waals surface area contributed by atoms with Gasteiger partial charge in [0.15, 0.2) is 0 Å². The van der Waals surface area contributed by atoms with Crippen LogP contribution in [0.1, 0.15) is 5.56 Å². The molecule has 172 valence electrons. The van der Waals surface area contributed by atoms with Crippen LogP contribution >= 0.6 is 23.2 Å². The first-order chi connectivity index (χ1) is 15.0. The van der Waals surface area contributed by atoms with Gasteiger partial charge in [-0.3, -0.25) is 10.0 Å². The molecule has 2 aromatic rings. The number of nitrogens with zero attached hydrogens (tertiary/aromatic N) is 2. The fourth-order valence-corrected chi connectivity index (χ4v) is 4.37. The van der Waals surface area contributed by atoms with Crippen molar-refractivity contribution < 1.29 is 35.5 Å². The van der Waals surface area contributed by atoms with Crippen LogP contribution in [0.25, 0.3) is 0 Å². The number of sulfonamides is 1. The summed E-state index contributed by atoms with van der Waals surface area (Å²) in [7, 11) is -4.07. The van der Waals surface area contributed by atoms with E-state index in [2.05, 4.69) is 19.3 Å². The van der Waals surface area contributed by atoms with Crippen LogP contribution in [-0.2, 0) is 10.0 Å². The predicted molar refractivity (Wildman–Crippen MR) is 109 cm³/mol. The Balaban J connectivity index is 1.81. The third-order valence-electron chi connectivity index (χ3n) is 3.86. The van der Waals surface area contributed by atoms with E-state index in [4.69, 9.17) is 23.2 Å². The zero-order valence-electron chi connectivity index (χ0n) is 15.7. The molecule has 3 rings (SSSR count). The average molecular weight is 514 g/mol. The Morgan fingerprint density at radius 1 is 1.00 bits per heavy atom. The number of ether oxygens (including phenoxy) is 2. The first-order valence-electron chi connectivity index (χ1n) is 8.55. The highest BCUT2D eigenvalue weighted by molar-refractivity contribution is 7.89. The van der Waals surface area contributed by atoms with Crippen LogP contribution in [0.2, 0.25) is 10.0 Å². The molecule has 2 aromatic carbocycles. The van der Waals surface area contributed by atoms with Gasteiger partial charge in [-0.2, -0.15) is 17.6 Å². The third kappa shape index (κ3) is 6.25. The summed E-state index contributed by atoms with van der Waals surface area (Å²) in [5, 5.41) is 1.32. The van der Waals surface area contributed by atoms with Crippen LogP contribution in [0.5, 0.6) is 11.5 Å². The molecule has 0 spiro atoms. The standard InChI is InChI=1S/C18H13Cl2F4N3O4S/c19-10-5-11(20)7-13(6-10)32(28,29)26-27-4-3-15(25-9-27)14-8-12(30-17(21)22)1-2-16(14)31-18(23)24/h1-8,17-18,26H,9H2. The van der Waals surface area contributed by atoms with E-state index in [0.717, 1.165) is 23.2 Å². The number of aliphatic imine (C=N–C) groups is 1. The average Bonchev–Trinajstić information content (AvgIpc) is 2.68. The first-order valence-corrected chi connectivity index (χ1v) is 10.8. The highest BCUT2D eigenvalue weighted by Crippen LogP contribution is 2.29. The largest absolute Gasteiger partial charge is 0.435 e. The molecule has 0 aromatic heterocycles. The molecule has 0 atom stereocenters. The van der Waals surface area contributed by atoms with Crippen molar-refractivity contribution in [3.63, 3.8) is 0 Å². The van der Waals surface area contributed by atoms with Crippen molar-refractivity contribution in [3.05, 3.63) is 64.3 Å². The van der Waals surface area contributed by atoms with E-state index in [1.54, 1.807) is 0 Å². The maximum absolute atomic E-state index is 12.7. The fourth-order valence-electron chi connectivity index (χ4n) is 2.62. The summed E-state index contributed by atoms with van der Waals surface area (Å²) in [4.78, 5) is 6.14. The lowest BCUT2D eigenvalue weighted by atomic mass is 10.1. The second-order valence-electron chi connectivity index (χ2n) is 6.09. The molecule has 14 heteroatoms. The number of hydrazine groups is 1. The lowest BCUT2D eigenvalue weighted by molar-refractivity contribution is -0.0530. The Kier molecular flexibility index (Phi) is 7.49. The van der Waals surface area contributed by atoms with Gasteiger partial charge in [-0.1, -0.05) is 23.2 Å². The number of nitrogens with one attached hydrogen (secondary N) is 1. The summed E-state index contributed by atoms with van der Waals surface area (Å²) < 4.78 is 84.2. The molecule has 1 aliphatic rings. The molecule has 0 aliphatic carbocycles. The molecular formula is C18H13Cl2F4N3O4S. The van der Waals surface area contributed by atoms with Crippen molar-refractivity contribution in [3.8, 4) is 11.5 Å². The van der Waals surface area contributed by atoms with E-state index in [1.165, 1.54) is 30.5 Å². The van der Waals surface area contributed by atoms with Gasteiger partial charge in [0.25, 0.3) is 10.0 Å². The Morgan fingerprint density at radius 3 is 2.22 bits per heavy atom.